The zero-order valence-corrected chi connectivity index (χ0v) is 12.6. The lowest BCUT2D eigenvalue weighted by Gasteiger charge is -2.38. The number of hydrogen-bond acceptors (Lipinski definition) is 2. The van der Waals surface area contributed by atoms with Crippen LogP contribution >= 0.6 is 0 Å². The van der Waals surface area contributed by atoms with Crippen molar-refractivity contribution in [2.24, 2.45) is 0 Å². The first kappa shape index (κ1) is 13.8. The van der Waals surface area contributed by atoms with Gasteiger partial charge in [0.05, 0.1) is 0 Å². The second-order valence-electron chi connectivity index (χ2n) is 5.89. The summed E-state index contributed by atoms with van der Waals surface area (Å²) < 4.78 is 0. The normalized spacial score (nSPS) is 20.9. The van der Waals surface area contributed by atoms with Crippen molar-refractivity contribution in [2.45, 2.75) is 36.9 Å². The van der Waals surface area contributed by atoms with Crippen LogP contribution in [0.15, 0.2) is 30.3 Å². The number of likely N-dealkylation sites (N-methyl/N-ethyl adjacent to an activating group) is 1. The first-order valence-electron chi connectivity index (χ1n) is 7.04. The highest BCUT2D eigenvalue weighted by molar-refractivity contribution is 6.74. The Morgan fingerprint density at radius 2 is 1.72 bits per heavy atom. The Bertz CT molecular complexity index is 360. The lowest BCUT2D eigenvalue weighted by molar-refractivity contribution is 0.374. The van der Waals surface area contributed by atoms with Crippen LogP contribution in [-0.2, 0) is 0 Å². The maximum atomic E-state index is 11.1. The van der Waals surface area contributed by atoms with Crippen molar-refractivity contribution in [1.29, 1.82) is 0 Å². The molecule has 1 aliphatic rings. The molecule has 1 aromatic carbocycles. The van der Waals surface area contributed by atoms with Crippen LogP contribution < -0.4 is 0 Å². The summed E-state index contributed by atoms with van der Waals surface area (Å²) in [6.07, 6.45) is 3.75. The fourth-order valence-electron chi connectivity index (χ4n) is 3.15. The number of hydrogen-bond donors (Lipinski definition) is 1. The van der Waals surface area contributed by atoms with Crippen molar-refractivity contribution in [3.63, 3.8) is 0 Å². The summed E-state index contributed by atoms with van der Waals surface area (Å²) in [6.45, 7) is 0.979. The zero-order chi connectivity index (χ0) is 13.0. The molecule has 0 radical (unpaired) electrons. The molecule has 1 aromatic rings. The van der Waals surface area contributed by atoms with E-state index in [-0.39, 0.29) is 0 Å². The van der Waals surface area contributed by atoms with Crippen LogP contribution in [-0.4, -0.2) is 38.7 Å². The Hall–Kier alpha value is -0.643. The molecule has 3 heteroatoms. The van der Waals surface area contributed by atoms with Crippen LogP contribution in [0.1, 0.15) is 30.4 Å². The van der Waals surface area contributed by atoms with Crippen LogP contribution in [0, 0.1) is 0 Å². The van der Waals surface area contributed by atoms with E-state index >= 15 is 0 Å². The van der Waals surface area contributed by atoms with E-state index in [0.717, 1.165) is 18.6 Å². The van der Waals surface area contributed by atoms with E-state index in [4.69, 9.17) is 0 Å². The second kappa shape index (κ2) is 6.00. The van der Waals surface area contributed by atoms with Gasteiger partial charge in [-0.3, -0.25) is 0 Å². The number of benzene rings is 1. The molecule has 0 aromatic heterocycles. The van der Waals surface area contributed by atoms with Gasteiger partial charge in [-0.1, -0.05) is 49.6 Å². The summed E-state index contributed by atoms with van der Waals surface area (Å²) in [5.41, 5.74) is 1.70. The highest BCUT2D eigenvalue weighted by Gasteiger charge is 2.41. The van der Waals surface area contributed by atoms with E-state index in [0.29, 0.717) is 5.54 Å². The third kappa shape index (κ3) is 3.22. The van der Waals surface area contributed by atoms with E-state index in [9.17, 15) is 4.80 Å². The molecular formula is C15H25NOSi. The van der Waals surface area contributed by atoms with Gasteiger partial charge in [0.15, 0.2) is 8.32 Å². The van der Waals surface area contributed by atoms with Gasteiger partial charge < -0.3 is 9.70 Å². The van der Waals surface area contributed by atoms with Gasteiger partial charge >= 0.3 is 0 Å². The Morgan fingerprint density at radius 3 is 2.28 bits per heavy atom. The molecule has 0 saturated carbocycles. The summed E-state index contributed by atoms with van der Waals surface area (Å²) in [4.78, 5) is 13.4. The van der Waals surface area contributed by atoms with Gasteiger partial charge in [-0.25, -0.2) is 0 Å². The number of nitrogens with zero attached hydrogens (tertiary/aromatic N) is 1. The Morgan fingerprint density at radius 1 is 1.11 bits per heavy atom. The quantitative estimate of drug-likeness (QED) is 0.844. The minimum atomic E-state index is -2.11. The molecule has 1 saturated heterocycles. The van der Waals surface area contributed by atoms with E-state index in [1.54, 1.807) is 0 Å². The van der Waals surface area contributed by atoms with Gasteiger partial charge in [-0.15, -0.1) is 0 Å². The molecular weight excluding hydrogens is 238 g/mol. The topological polar surface area (TPSA) is 23.5 Å². The van der Waals surface area contributed by atoms with Crippen molar-refractivity contribution < 1.29 is 4.80 Å². The van der Waals surface area contributed by atoms with Gasteiger partial charge in [-0.2, -0.15) is 0 Å². The predicted octanol–water partition coefficient (Wildman–Crippen LogP) is 2.99. The molecule has 0 bridgehead atoms. The average molecular weight is 263 g/mol. The minimum Gasteiger partial charge on any atom is -0.431 e. The highest BCUT2D eigenvalue weighted by Crippen LogP contribution is 2.37. The first-order valence-corrected chi connectivity index (χ1v) is 9.48. The Labute approximate surface area is 112 Å². The monoisotopic (exact) mass is 263 g/mol. The van der Waals surface area contributed by atoms with Gasteiger partial charge in [-0.05, 0) is 31.7 Å². The number of rotatable bonds is 4. The molecule has 1 aliphatic heterocycles. The molecule has 0 aliphatic carbocycles. The van der Waals surface area contributed by atoms with Crippen LogP contribution in [0.4, 0.5) is 0 Å². The van der Waals surface area contributed by atoms with Gasteiger partial charge in [0.1, 0.15) is 0 Å². The SMILES string of the molecule is CN(C)C[C@@H](c1ccccc1)[Si]1(O)CCCCC1. The minimum absolute atomic E-state index is 0.369. The van der Waals surface area contributed by atoms with E-state index < -0.39 is 8.32 Å². The fourth-order valence-corrected chi connectivity index (χ4v) is 7.34. The molecule has 1 atom stereocenters. The van der Waals surface area contributed by atoms with Crippen LogP contribution in [0.25, 0.3) is 0 Å². The summed E-state index contributed by atoms with van der Waals surface area (Å²) in [6, 6.07) is 12.8. The lowest BCUT2D eigenvalue weighted by Crippen LogP contribution is -2.47. The smallest absolute Gasteiger partial charge is 0.197 e. The standard InChI is InChI=1S/C15H25NOSi/c1-16(2)13-15(14-9-5-3-6-10-14)18(17)11-7-4-8-12-18/h3,5-6,9-10,15,17H,4,7-8,11-13H2,1-2H3/t15-/m0/s1. The maximum absolute atomic E-state index is 11.1. The van der Waals surface area contributed by atoms with E-state index in [1.807, 2.05) is 0 Å². The van der Waals surface area contributed by atoms with Crippen molar-refractivity contribution in [1.82, 2.24) is 4.90 Å². The molecule has 0 amide bonds. The Kier molecular flexibility index (Phi) is 4.59. The maximum Gasteiger partial charge on any atom is 0.197 e. The van der Waals surface area contributed by atoms with Crippen LogP contribution in [0.3, 0.4) is 0 Å². The van der Waals surface area contributed by atoms with Gasteiger partial charge in [0, 0.05) is 12.1 Å². The second-order valence-corrected chi connectivity index (χ2v) is 9.79. The third-order valence-corrected chi connectivity index (χ3v) is 8.37. The van der Waals surface area contributed by atoms with Crippen molar-refractivity contribution in [3.8, 4) is 0 Å². The molecule has 1 heterocycles. The van der Waals surface area contributed by atoms with Gasteiger partial charge in [0.25, 0.3) is 0 Å². The third-order valence-electron chi connectivity index (χ3n) is 4.12. The molecule has 2 rings (SSSR count). The van der Waals surface area contributed by atoms with Crippen molar-refractivity contribution >= 4 is 8.32 Å². The molecule has 18 heavy (non-hydrogen) atoms. The van der Waals surface area contributed by atoms with Crippen molar-refractivity contribution in [2.75, 3.05) is 20.6 Å². The first-order chi connectivity index (χ1) is 8.62. The van der Waals surface area contributed by atoms with E-state index in [1.165, 1.54) is 24.8 Å². The molecule has 100 valence electrons. The van der Waals surface area contributed by atoms with Crippen molar-refractivity contribution in [3.05, 3.63) is 35.9 Å². The molecule has 1 N–H and O–H groups in total. The Balaban J connectivity index is 2.24. The fraction of sp³-hybridized carbons (Fsp3) is 0.600. The molecule has 2 nitrogen and oxygen atoms in total. The highest BCUT2D eigenvalue weighted by atomic mass is 28.4. The summed E-state index contributed by atoms with van der Waals surface area (Å²) >= 11 is 0. The molecule has 1 fully saturated rings. The summed E-state index contributed by atoms with van der Waals surface area (Å²) in [5.74, 6) is 0. The van der Waals surface area contributed by atoms with Crippen LogP contribution in [0.2, 0.25) is 12.1 Å². The summed E-state index contributed by atoms with van der Waals surface area (Å²) in [5, 5.41) is 0. The molecule has 0 spiro atoms. The van der Waals surface area contributed by atoms with E-state index in [2.05, 4.69) is 49.3 Å². The summed E-state index contributed by atoms with van der Waals surface area (Å²) in [7, 11) is 2.10. The van der Waals surface area contributed by atoms with Gasteiger partial charge in [0.2, 0.25) is 0 Å². The van der Waals surface area contributed by atoms with Crippen LogP contribution in [0.5, 0.6) is 0 Å². The average Bonchev–Trinajstić information content (AvgIpc) is 2.37. The zero-order valence-electron chi connectivity index (χ0n) is 11.6. The molecule has 0 unspecified atom stereocenters. The lowest BCUT2D eigenvalue weighted by atomic mass is 10.1. The predicted molar refractivity (Wildman–Crippen MR) is 79.2 cm³/mol. The largest absolute Gasteiger partial charge is 0.431 e.